The van der Waals surface area contributed by atoms with Crippen LogP contribution >= 0.6 is 11.8 Å². The van der Waals surface area contributed by atoms with Gasteiger partial charge in [-0.25, -0.2) is 0 Å². The molecule has 0 saturated carbocycles. The van der Waals surface area contributed by atoms with E-state index in [0.717, 1.165) is 29.5 Å². The fourth-order valence-corrected chi connectivity index (χ4v) is 1.59. The number of nitrogens with zero attached hydrogens (tertiary/aromatic N) is 2. The van der Waals surface area contributed by atoms with Crippen LogP contribution in [0.4, 0.5) is 0 Å². The number of aliphatic imine (C=N–C) groups is 1. The van der Waals surface area contributed by atoms with Crippen molar-refractivity contribution < 1.29 is 0 Å². The van der Waals surface area contributed by atoms with Gasteiger partial charge in [-0.3, -0.25) is 9.98 Å². The molecule has 0 radical (unpaired) electrons. The molecule has 0 aromatic carbocycles. The minimum Gasteiger partial charge on any atom is -0.287 e. The Labute approximate surface area is 89.9 Å². The quantitative estimate of drug-likeness (QED) is 0.549. The topological polar surface area (TPSA) is 25.2 Å². The van der Waals surface area contributed by atoms with Crippen LogP contribution in [0.1, 0.15) is 19.5 Å². The maximum absolute atomic E-state index is 4.47. The molecule has 0 aliphatic carbocycles. The van der Waals surface area contributed by atoms with Crippen molar-refractivity contribution in [3.63, 3.8) is 0 Å². The third-order valence-electron chi connectivity index (χ3n) is 1.82. The Kier molecular flexibility index (Phi) is 5.30. The number of hydrogen-bond acceptors (Lipinski definition) is 3. The summed E-state index contributed by atoms with van der Waals surface area (Å²) in [6.45, 7) is 5.07. The summed E-state index contributed by atoms with van der Waals surface area (Å²) < 4.78 is 0. The highest BCUT2D eigenvalue weighted by Crippen LogP contribution is 2.00. The molecule has 0 spiro atoms. The molecule has 14 heavy (non-hydrogen) atoms. The fraction of sp³-hybridized carbons (Fsp3) is 0.455. The van der Waals surface area contributed by atoms with Crippen LogP contribution < -0.4 is 0 Å². The largest absolute Gasteiger partial charge is 0.287 e. The minimum atomic E-state index is 0.890. The third kappa shape index (κ3) is 3.92. The normalized spacial score (nSPS) is 11.7. The van der Waals surface area contributed by atoms with Gasteiger partial charge in [-0.15, -0.1) is 0 Å². The van der Waals surface area contributed by atoms with Gasteiger partial charge in [0.15, 0.2) is 0 Å². The zero-order valence-electron chi connectivity index (χ0n) is 8.73. The van der Waals surface area contributed by atoms with Crippen LogP contribution in [0.2, 0.25) is 0 Å². The van der Waals surface area contributed by atoms with E-state index < -0.39 is 0 Å². The summed E-state index contributed by atoms with van der Waals surface area (Å²) in [5, 5.41) is 0. The molecule has 2 nitrogen and oxygen atoms in total. The summed E-state index contributed by atoms with van der Waals surface area (Å²) in [4.78, 5) is 8.71. The van der Waals surface area contributed by atoms with Crippen LogP contribution in [-0.4, -0.2) is 28.7 Å². The zero-order valence-corrected chi connectivity index (χ0v) is 9.55. The summed E-state index contributed by atoms with van der Waals surface area (Å²) in [5.41, 5.74) is 2.01. The molecule has 0 aliphatic rings. The molecule has 0 atom stereocenters. The monoisotopic (exact) mass is 208 g/mol. The first kappa shape index (κ1) is 11.2. The lowest BCUT2D eigenvalue weighted by atomic mass is 10.2. The molecule has 1 aromatic rings. The Bertz CT molecular complexity index is 283. The lowest BCUT2D eigenvalue weighted by molar-refractivity contribution is 1.13. The highest BCUT2D eigenvalue weighted by atomic mass is 32.2. The Morgan fingerprint density at radius 2 is 2.36 bits per heavy atom. The van der Waals surface area contributed by atoms with Gasteiger partial charge in [0.25, 0.3) is 0 Å². The zero-order chi connectivity index (χ0) is 10.2. The van der Waals surface area contributed by atoms with E-state index in [1.165, 1.54) is 0 Å². The molecular weight excluding hydrogens is 192 g/mol. The summed E-state index contributed by atoms with van der Waals surface area (Å²) in [5.74, 6) is 2.26. The number of rotatable bonds is 5. The van der Waals surface area contributed by atoms with Crippen molar-refractivity contribution in [2.75, 3.05) is 18.1 Å². The molecule has 0 fully saturated rings. The Balaban J connectivity index is 2.44. The number of hydrogen-bond donors (Lipinski definition) is 0. The van der Waals surface area contributed by atoms with E-state index in [9.17, 15) is 0 Å². The molecule has 76 valence electrons. The van der Waals surface area contributed by atoms with Gasteiger partial charge in [0.2, 0.25) is 0 Å². The Hall–Kier alpha value is -0.830. The lowest BCUT2D eigenvalue weighted by Gasteiger charge is -1.99. The SMILES string of the molecule is CCSCCN=C(C)c1ccccn1. The highest BCUT2D eigenvalue weighted by molar-refractivity contribution is 7.99. The lowest BCUT2D eigenvalue weighted by Crippen LogP contribution is -2.00. The van der Waals surface area contributed by atoms with Gasteiger partial charge in [-0.1, -0.05) is 13.0 Å². The second-order valence-electron chi connectivity index (χ2n) is 2.88. The van der Waals surface area contributed by atoms with Crippen LogP contribution in [0.25, 0.3) is 0 Å². The predicted molar refractivity (Wildman–Crippen MR) is 64.3 cm³/mol. The molecule has 0 amide bonds. The van der Waals surface area contributed by atoms with Crippen molar-refractivity contribution in [3.05, 3.63) is 30.1 Å². The van der Waals surface area contributed by atoms with Crippen molar-refractivity contribution in [2.45, 2.75) is 13.8 Å². The van der Waals surface area contributed by atoms with Gasteiger partial charge in [-0.2, -0.15) is 11.8 Å². The van der Waals surface area contributed by atoms with E-state index >= 15 is 0 Å². The average Bonchev–Trinajstić information content (AvgIpc) is 2.25. The smallest absolute Gasteiger partial charge is 0.0837 e. The van der Waals surface area contributed by atoms with Crippen molar-refractivity contribution in [3.8, 4) is 0 Å². The highest BCUT2D eigenvalue weighted by Gasteiger charge is 1.95. The fourth-order valence-electron chi connectivity index (χ4n) is 1.08. The molecular formula is C11H16N2S. The van der Waals surface area contributed by atoms with Gasteiger partial charge in [0, 0.05) is 18.5 Å². The first-order chi connectivity index (χ1) is 6.84. The molecule has 0 aliphatic heterocycles. The number of pyridine rings is 1. The average molecular weight is 208 g/mol. The molecule has 1 aromatic heterocycles. The van der Waals surface area contributed by atoms with Gasteiger partial charge in [-0.05, 0) is 24.8 Å². The molecule has 1 rings (SSSR count). The van der Waals surface area contributed by atoms with E-state index in [-0.39, 0.29) is 0 Å². The van der Waals surface area contributed by atoms with E-state index in [2.05, 4.69) is 16.9 Å². The van der Waals surface area contributed by atoms with E-state index in [1.807, 2.05) is 36.9 Å². The third-order valence-corrected chi connectivity index (χ3v) is 2.70. The maximum atomic E-state index is 4.47. The van der Waals surface area contributed by atoms with Crippen molar-refractivity contribution in [2.24, 2.45) is 4.99 Å². The molecule has 0 saturated heterocycles. The number of thioether (sulfide) groups is 1. The summed E-state index contributed by atoms with van der Waals surface area (Å²) in [6.07, 6.45) is 1.80. The van der Waals surface area contributed by atoms with Gasteiger partial charge < -0.3 is 0 Å². The second kappa shape index (κ2) is 6.60. The van der Waals surface area contributed by atoms with Gasteiger partial charge in [0.05, 0.1) is 11.4 Å². The van der Waals surface area contributed by atoms with Gasteiger partial charge >= 0.3 is 0 Å². The van der Waals surface area contributed by atoms with Crippen molar-refractivity contribution in [1.82, 2.24) is 4.98 Å². The minimum absolute atomic E-state index is 0.890. The standard InChI is InChI=1S/C11H16N2S/c1-3-14-9-8-12-10(2)11-6-4-5-7-13-11/h4-7H,3,8-9H2,1-2H3. The van der Waals surface area contributed by atoms with Gasteiger partial charge in [0.1, 0.15) is 0 Å². The molecule has 0 unspecified atom stereocenters. The Morgan fingerprint density at radius 1 is 1.50 bits per heavy atom. The summed E-state index contributed by atoms with van der Waals surface area (Å²) >= 11 is 1.92. The number of aromatic nitrogens is 1. The van der Waals surface area contributed by atoms with Crippen molar-refractivity contribution in [1.29, 1.82) is 0 Å². The van der Waals surface area contributed by atoms with Crippen LogP contribution in [0, 0.1) is 0 Å². The molecule has 0 N–H and O–H groups in total. The summed E-state index contributed by atoms with van der Waals surface area (Å²) in [6, 6.07) is 5.90. The molecule has 3 heteroatoms. The molecule has 0 bridgehead atoms. The summed E-state index contributed by atoms with van der Waals surface area (Å²) in [7, 11) is 0. The van der Waals surface area contributed by atoms with Crippen molar-refractivity contribution >= 4 is 17.5 Å². The van der Waals surface area contributed by atoms with Crippen LogP contribution in [0.15, 0.2) is 29.4 Å². The van der Waals surface area contributed by atoms with E-state index in [4.69, 9.17) is 0 Å². The first-order valence-electron chi connectivity index (χ1n) is 4.84. The Morgan fingerprint density at radius 3 is 3.00 bits per heavy atom. The maximum Gasteiger partial charge on any atom is 0.0837 e. The molecule has 1 heterocycles. The van der Waals surface area contributed by atoms with E-state index in [1.54, 1.807) is 6.20 Å². The van der Waals surface area contributed by atoms with Crippen LogP contribution in [0.3, 0.4) is 0 Å². The van der Waals surface area contributed by atoms with E-state index in [0.29, 0.717) is 0 Å². The van der Waals surface area contributed by atoms with Crippen LogP contribution in [0.5, 0.6) is 0 Å². The first-order valence-corrected chi connectivity index (χ1v) is 6.00. The second-order valence-corrected chi connectivity index (χ2v) is 4.27. The predicted octanol–water partition coefficient (Wildman–Crippen LogP) is 2.64. The van der Waals surface area contributed by atoms with Crippen LogP contribution in [-0.2, 0) is 0 Å².